The Balaban J connectivity index is 2.28. The van der Waals surface area contributed by atoms with Crippen molar-refractivity contribution in [1.29, 1.82) is 0 Å². The molecule has 4 heteroatoms. The van der Waals surface area contributed by atoms with Gasteiger partial charge in [-0.3, -0.25) is 0 Å². The average Bonchev–Trinajstić information content (AvgIpc) is 2.81. The molecule has 0 spiro atoms. The lowest BCUT2D eigenvalue weighted by Gasteiger charge is -2.17. The summed E-state index contributed by atoms with van der Waals surface area (Å²) in [7, 11) is 1.42. The lowest BCUT2D eigenvalue weighted by atomic mass is 10.0. The Morgan fingerprint density at radius 1 is 1.45 bits per heavy atom. The van der Waals surface area contributed by atoms with E-state index in [1.807, 2.05) is 0 Å². The molecule has 0 bridgehead atoms. The monoisotopic (exact) mass is 273 g/mol. The number of rotatable bonds is 4. The molecule has 106 valence electrons. The van der Waals surface area contributed by atoms with Gasteiger partial charge in [-0.05, 0) is 36.8 Å². The molecule has 0 aliphatic carbocycles. The molecule has 0 amide bonds. The highest BCUT2D eigenvalue weighted by atomic mass is 16.5. The number of para-hydroxylation sites is 1. The summed E-state index contributed by atoms with van der Waals surface area (Å²) in [5.41, 5.74) is 4.16. The summed E-state index contributed by atoms with van der Waals surface area (Å²) >= 11 is 0. The molecule has 1 aromatic carbocycles. The van der Waals surface area contributed by atoms with Crippen LogP contribution >= 0.6 is 0 Å². The second-order valence-corrected chi connectivity index (χ2v) is 5.21. The van der Waals surface area contributed by atoms with Crippen LogP contribution in [0.2, 0.25) is 0 Å². The molecule has 0 saturated carbocycles. The van der Waals surface area contributed by atoms with Crippen LogP contribution in [-0.4, -0.2) is 29.4 Å². The summed E-state index contributed by atoms with van der Waals surface area (Å²) in [5.74, 6) is -0.276. The molecule has 1 N–H and O–H groups in total. The number of ether oxygens (including phenoxy) is 1. The van der Waals surface area contributed by atoms with Gasteiger partial charge < -0.3 is 14.4 Å². The standard InChI is InChI=1S/C16H19NO3/c1-20-16(19)15-13(8-4-10-18)12-7-2-5-11-6-3-9-17(15)14(11)12/h2,5,7,18H,3-4,6,8-10H2,1H3. The van der Waals surface area contributed by atoms with E-state index in [1.54, 1.807) is 0 Å². The fraction of sp³-hybridized carbons (Fsp3) is 0.438. The van der Waals surface area contributed by atoms with Gasteiger partial charge in [0, 0.05) is 18.5 Å². The van der Waals surface area contributed by atoms with Crippen LogP contribution in [-0.2, 0) is 24.1 Å². The van der Waals surface area contributed by atoms with Gasteiger partial charge in [-0.1, -0.05) is 18.2 Å². The molecule has 2 aromatic rings. The van der Waals surface area contributed by atoms with Crippen molar-refractivity contribution in [2.75, 3.05) is 13.7 Å². The number of aliphatic hydroxyl groups excluding tert-OH is 1. The first-order chi connectivity index (χ1) is 9.77. The summed E-state index contributed by atoms with van der Waals surface area (Å²) in [6.07, 6.45) is 3.47. The van der Waals surface area contributed by atoms with E-state index >= 15 is 0 Å². The minimum absolute atomic E-state index is 0.132. The molecular weight excluding hydrogens is 254 g/mol. The van der Waals surface area contributed by atoms with Crippen molar-refractivity contribution in [2.24, 2.45) is 0 Å². The van der Waals surface area contributed by atoms with Crippen LogP contribution < -0.4 is 0 Å². The van der Waals surface area contributed by atoms with Crippen molar-refractivity contribution in [3.05, 3.63) is 35.0 Å². The summed E-state index contributed by atoms with van der Waals surface area (Å²) in [6.45, 7) is 0.990. The maximum atomic E-state index is 12.2. The predicted octanol–water partition coefficient (Wildman–Crippen LogP) is 2.30. The van der Waals surface area contributed by atoms with Crippen molar-refractivity contribution in [2.45, 2.75) is 32.2 Å². The molecule has 0 atom stereocenters. The third-order valence-corrected chi connectivity index (χ3v) is 4.06. The Morgan fingerprint density at radius 2 is 2.30 bits per heavy atom. The molecule has 0 unspecified atom stereocenters. The molecule has 1 aliphatic rings. The predicted molar refractivity (Wildman–Crippen MR) is 77.0 cm³/mol. The summed E-state index contributed by atoms with van der Waals surface area (Å²) in [5, 5.41) is 10.2. The second-order valence-electron chi connectivity index (χ2n) is 5.21. The van der Waals surface area contributed by atoms with Crippen molar-refractivity contribution >= 4 is 16.9 Å². The Morgan fingerprint density at radius 3 is 3.05 bits per heavy atom. The van der Waals surface area contributed by atoms with E-state index in [0.29, 0.717) is 18.5 Å². The first kappa shape index (κ1) is 13.2. The fourth-order valence-corrected chi connectivity index (χ4v) is 3.25. The van der Waals surface area contributed by atoms with Crippen LogP contribution in [0.4, 0.5) is 0 Å². The zero-order chi connectivity index (χ0) is 14.1. The molecule has 0 saturated heterocycles. The van der Waals surface area contributed by atoms with Crippen molar-refractivity contribution in [1.82, 2.24) is 4.57 Å². The van der Waals surface area contributed by atoms with Crippen LogP contribution in [0.5, 0.6) is 0 Å². The largest absolute Gasteiger partial charge is 0.464 e. The van der Waals surface area contributed by atoms with Crippen molar-refractivity contribution < 1.29 is 14.6 Å². The van der Waals surface area contributed by atoms with Gasteiger partial charge >= 0.3 is 5.97 Å². The minimum Gasteiger partial charge on any atom is -0.464 e. The topological polar surface area (TPSA) is 51.5 Å². The van der Waals surface area contributed by atoms with Crippen molar-refractivity contribution in [3.63, 3.8) is 0 Å². The van der Waals surface area contributed by atoms with Gasteiger partial charge in [-0.25, -0.2) is 4.79 Å². The second kappa shape index (κ2) is 5.29. The van der Waals surface area contributed by atoms with E-state index in [0.717, 1.165) is 30.3 Å². The van der Waals surface area contributed by atoms with Crippen LogP contribution in [0.3, 0.4) is 0 Å². The molecule has 2 heterocycles. The molecule has 3 rings (SSSR count). The lowest BCUT2D eigenvalue weighted by molar-refractivity contribution is 0.0587. The average molecular weight is 273 g/mol. The van der Waals surface area contributed by atoms with Gasteiger partial charge in [0.25, 0.3) is 0 Å². The molecule has 0 radical (unpaired) electrons. The zero-order valence-corrected chi connectivity index (χ0v) is 11.7. The molecule has 0 fully saturated rings. The number of methoxy groups -OCH3 is 1. The summed E-state index contributed by atoms with van der Waals surface area (Å²) < 4.78 is 7.07. The quantitative estimate of drug-likeness (QED) is 0.870. The van der Waals surface area contributed by atoms with Gasteiger partial charge in [0.1, 0.15) is 5.69 Å². The first-order valence-corrected chi connectivity index (χ1v) is 7.10. The van der Waals surface area contributed by atoms with Crippen LogP contribution in [0.1, 0.15) is 34.5 Å². The number of hydrogen-bond acceptors (Lipinski definition) is 3. The molecule has 20 heavy (non-hydrogen) atoms. The number of benzene rings is 1. The van der Waals surface area contributed by atoms with E-state index in [1.165, 1.54) is 18.2 Å². The van der Waals surface area contributed by atoms with E-state index < -0.39 is 0 Å². The zero-order valence-electron chi connectivity index (χ0n) is 11.7. The number of esters is 1. The number of carbonyl (C=O) groups is 1. The highest BCUT2D eigenvalue weighted by molar-refractivity contribution is 6.00. The van der Waals surface area contributed by atoms with Crippen molar-refractivity contribution in [3.8, 4) is 0 Å². The highest BCUT2D eigenvalue weighted by Crippen LogP contribution is 2.33. The van der Waals surface area contributed by atoms with Gasteiger partial charge in [0.2, 0.25) is 0 Å². The third-order valence-electron chi connectivity index (χ3n) is 4.06. The van der Waals surface area contributed by atoms with Gasteiger partial charge in [-0.2, -0.15) is 0 Å². The smallest absolute Gasteiger partial charge is 0.354 e. The number of hydrogen-bond donors (Lipinski definition) is 1. The van der Waals surface area contributed by atoms with Crippen LogP contribution in [0, 0.1) is 0 Å². The maximum Gasteiger partial charge on any atom is 0.354 e. The molecule has 1 aromatic heterocycles. The number of nitrogens with zero attached hydrogens (tertiary/aromatic N) is 1. The maximum absolute atomic E-state index is 12.2. The van der Waals surface area contributed by atoms with E-state index in [2.05, 4.69) is 22.8 Å². The number of aromatic nitrogens is 1. The number of carbonyl (C=O) groups excluding carboxylic acids is 1. The lowest BCUT2D eigenvalue weighted by Crippen LogP contribution is -2.16. The Kier molecular flexibility index (Phi) is 3.49. The molecule has 4 nitrogen and oxygen atoms in total. The van der Waals surface area contributed by atoms with Gasteiger partial charge in [0.05, 0.1) is 12.6 Å². The summed E-state index contributed by atoms with van der Waals surface area (Å²) in [6, 6.07) is 6.26. The Bertz CT molecular complexity index is 657. The van der Waals surface area contributed by atoms with Crippen LogP contribution in [0.25, 0.3) is 10.9 Å². The summed E-state index contributed by atoms with van der Waals surface area (Å²) in [4.78, 5) is 12.2. The van der Waals surface area contributed by atoms with E-state index in [9.17, 15) is 4.79 Å². The normalized spacial score (nSPS) is 13.7. The third kappa shape index (κ3) is 1.91. The van der Waals surface area contributed by atoms with E-state index in [4.69, 9.17) is 9.84 Å². The molecular formula is C16H19NO3. The fourth-order valence-electron chi connectivity index (χ4n) is 3.25. The Hall–Kier alpha value is -1.81. The van der Waals surface area contributed by atoms with Gasteiger partial charge in [-0.15, -0.1) is 0 Å². The minimum atomic E-state index is -0.276. The Labute approximate surface area is 118 Å². The molecule has 1 aliphatic heterocycles. The SMILES string of the molecule is COC(=O)c1c(CCCO)c2cccc3c2n1CCC3. The number of aryl methyl sites for hydroxylation is 3. The van der Waals surface area contributed by atoms with Crippen LogP contribution in [0.15, 0.2) is 18.2 Å². The van der Waals surface area contributed by atoms with E-state index in [-0.39, 0.29) is 12.6 Å². The van der Waals surface area contributed by atoms with Gasteiger partial charge in [0.15, 0.2) is 0 Å². The first-order valence-electron chi connectivity index (χ1n) is 7.10. The highest BCUT2D eigenvalue weighted by Gasteiger charge is 2.26. The number of aliphatic hydroxyl groups is 1.